The Morgan fingerprint density at radius 1 is 1.33 bits per heavy atom. The van der Waals surface area contributed by atoms with Gasteiger partial charge in [0, 0.05) is 6.07 Å². The van der Waals surface area contributed by atoms with E-state index in [1.54, 1.807) is 12.1 Å². The van der Waals surface area contributed by atoms with E-state index in [2.05, 4.69) is 15.9 Å². The van der Waals surface area contributed by atoms with Gasteiger partial charge in [-0.1, -0.05) is 0 Å². The highest BCUT2D eigenvalue weighted by molar-refractivity contribution is 9.10. The van der Waals surface area contributed by atoms with Crippen molar-refractivity contribution >= 4 is 27.8 Å². The molecule has 2 aromatic rings. The van der Waals surface area contributed by atoms with E-state index in [9.17, 15) is 9.90 Å². The van der Waals surface area contributed by atoms with E-state index in [4.69, 9.17) is 13.9 Å². The number of hydrogen-bond donors (Lipinski definition) is 1. The van der Waals surface area contributed by atoms with Crippen LogP contribution in [0.2, 0.25) is 0 Å². The van der Waals surface area contributed by atoms with Crippen LogP contribution in [-0.4, -0.2) is 25.1 Å². The van der Waals surface area contributed by atoms with Gasteiger partial charge in [0.2, 0.25) is 0 Å². The lowest BCUT2D eigenvalue weighted by Gasteiger charge is -2.12. The fraction of sp³-hybridized carbons (Fsp3) is 0.133. The number of rotatable bonds is 5. The quantitative estimate of drug-likeness (QED) is 0.656. The van der Waals surface area contributed by atoms with Gasteiger partial charge in [-0.2, -0.15) is 0 Å². The molecule has 0 radical (unpaired) electrons. The predicted molar refractivity (Wildman–Crippen MR) is 81.0 cm³/mol. The monoisotopic (exact) mass is 352 g/mol. The Kier molecular flexibility index (Phi) is 4.70. The standard InChI is InChI=1S/C15H13BrO5/c1-19-11-8-12(20-2)14(16)15(18)13(11)10(17)6-5-9-4-3-7-21-9/h3-8,18H,1-2H3/b6-5+. The number of ketones is 1. The number of furan rings is 1. The number of carbonyl (C=O) groups excluding carboxylic acids is 1. The van der Waals surface area contributed by atoms with Gasteiger partial charge in [0.15, 0.2) is 5.78 Å². The summed E-state index contributed by atoms with van der Waals surface area (Å²) in [5.74, 6) is 0.483. The van der Waals surface area contributed by atoms with Crippen LogP contribution in [-0.2, 0) is 0 Å². The van der Waals surface area contributed by atoms with Gasteiger partial charge >= 0.3 is 0 Å². The number of benzene rings is 1. The molecule has 0 bridgehead atoms. The van der Waals surface area contributed by atoms with Gasteiger partial charge in [-0.25, -0.2) is 0 Å². The highest BCUT2D eigenvalue weighted by atomic mass is 79.9. The van der Waals surface area contributed by atoms with Crippen LogP contribution in [0.1, 0.15) is 16.1 Å². The van der Waals surface area contributed by atoms with Crippen LogP contribution in [0, 0.1) is 0 Å². The van der Waals surface area contributed by atoms with Gasteiger partial charge in [-0.15, -0.1) is 0 Å². The number of aromatic hydroxyl groups is 1. The normalized spacial score (nSPS) is 10.8. The number of ether oxygens (including phenoxy) is 2. The van der Waals surface area contributed by atoms with E-state index >= 15 is 0 Å². The van der Waals surface area contributed by atoms with Gasteiger partial charge in [-0.3, -0.25) is 4.79 Å². The molecular formula is C15H13BrO5. The maximum atomic E-state index is 12.3. The van der Waals surface area contributed by atoms with Crippen molar-refractivity contribution in [1.29, 1.82) is 0 Å². The number of halogens is 1. The fourth-order valence-corrected chi connectivity index (χ4v) is 2.25. The lowest BCUT2D eigenvalue weighted by Crippen LogP contribution is -2.01. The first-order valence-corrected chi connectivity index (χ1v) is 6.77. The molecule has 1 aromatic carbocycles. The molecule has 21 heavy (non-hydrogen) atoms. The molecule has 0 saturated carbocycles. The number of methoxy groups -OCH3 is 2. The van der Waals surface area contributed by atoms with E-state index < -0.39 is 5.78 Å². The third kappa shape index (κ3) is 3.11. The highest BCUT2D eigenvalue weighted by Gasteiger charge is 2.21. The molecule has 0 aliphatic carbocycles. The summed E-state index contributed by atoms with van der Waals surface area (Å²) in [5.41, 5.74) is 0.0491. The molecule has 0 atom stereocenters. The minimum Gasteiger partial charge on any atom is -0.506 e. The second kappa shape index (κ2) is 6.49. The van der Waals surface area contributed by atoms with Crippen molar-refractivity contribution < 1.29 is 23.8 Å². The molecule has 0 amide bonds. The maximum Gasteiger partial charge on any atom is 0.193 e. The van der Waals surface area contributed by atoms with Crippen molar-refractivity contribution in [2.45, 2.75) is 0 Å². The van der Waals surface area contributed by atoms with Crippen molar-refractivity contribution in [2.75, 3.05) is 14.2 Å². The topological polar surface area (TPSA) is 68.9 Å². The molecule has 5 nitrogen and oxygen atoms in total. The molecule has 0 aliphatic heterocycles. The number of allylic oxidation sites excluding steroid dienone is 1. The van der Waals surface area contributed by atoms with Crippen LogP contribution < -0.4 is 9.47 Å². The summed E-state index contributed by atoms with van der Waals surface area (Å²) in [5, 5.41) is 10.2. The average Bonchev–Trinajstić information content (AvgIpc) is 3.00. The number of carbonyl (C=O) groups is 1. The van der Waals surface area contributed by atoms with E-state index in [1.165, 1.54) is 38.7 Å². The van der Waals surface area contributed by atoms with Crippen LogP contribution in [0.15, 0.2) is 39.4 Å². The fourth-order valence-electron chi connectivity index (χ4n) is 1.77. The summed E-state index contributed by atoms with van der Waals surface area (Å²) in [4.78, 5) is 12.3. The first kappa shape index (κ1) is 15.2. The predicted octanol–water partition coefficient (Wildman–Crippen LogP) is 3.66. The first-order valence-electron chi connectivity index (χ1n) is 5.97. The third-order valence-electron chi connectivity index (χ3n) is 2.80. The van der Waals surface area contributed by atoms with E-state index in [0.29, 0.717) is 16.0 Å². The van der Waals surface area contributed by atoms with Gasteiger partial charge in [0.25, 0.3) is 0 Å². The minimum atomic E-state index is -0.413. The Morgan fingerprint density at radius 3 is 2.62 bits per heavy atom. The second-order valence-corrected chi connectivity index (χ2v) is 4.82. The van der Waals surface area contributed by atoms with E-state index in [0.717, 1.165) is 0 Å². The van der Waals surface area contributed by atoms with Gasteiger partial charge in [0.05, 0.1) is 20.5 Å². The average molecular weight is 353 g/mol. The van der Waals surface area contributed by atoms with Crippen molar-refractivity contribution in [3.63, 3.8) is 0 Å². The zero-order valence-electron chi connectivity index (χ0n) is 11.4. The molecule has 1 heterocycles. The van der Waals surface area contributed by atoms with Gasteiger partial charge < -0.3 is 19.0 Å². The molecule has 1 N–H and O–H groups in total. The zero-order chi connectivity index (χ0) is 15.4. The molecule has 110 valence electrons. The van der Waals surface area contributed by atoms with E-state index in [-0.39, 0.29) is 17.1 Å². The minimum absolute atomic E-state index is 0.0491. The first-order chi connectivity index (χ1) is 10.1. The molecule has 0 spiro atoms. The lowest BCUT2D eigenvalue weighted by molar-refractivity contribution is 0.104. The number of hydrogen-bond acceptors (Lipinski definition) is 5. The largest absolute Gasteiger partial charge is 0.506 e. The Balaban J connectivity index is 2.42. The number of phenols is 1. The van der Waals surface area contributed by atoms with Crippen LogP contribution >= 0.6 is 15.9 Å². The Bertz CT molecular complexity index is 674. The van der Waals surface area contributed by atoms with Crippen molar-refractivity contribution in [3.05, 3.63) is 46.3 Å². The molecule has 0 unspecified atom stereocenters. The summed E-state index contributed by atoms with van der Waals surface area (Å²) in [6, 6.07) is 4.95. The Morgan fingerprint density at radius 2 is 2.05 bits per heavy atom. The second-order valence-electron chi connectivity index (χ2n) is 4.03. The SMILES string of the molecule is COc1cc(OC)c(C(=O)/C=C/c2ccco2)c(O)c1Br. The Hall–Kier alpha value is -2.21. The molecule has 0 aliphatic rings. The van der Waals surface area contributed by atoms with Crippen LogP contribution in [0.25, 0.3) is 6.08 Å². The molecule has 6 heteroatoms. The lowest BCUT2D eigenvalue weighted by atomic mass is 10.1. The zero-order valence-corrected chi connectivity index (χ0v) is 13.0. The summed E-state index contributed by atoms with van der Waals surface area (Å²) < 4.78 is 15.6. The molecule has 2 rings (SSSR count). The van der Waals surface area contributed by atoms with Crippen molar-refractivity contribution in [2.24, 2.45) is 0 Å². The van der Waals surface area contributed by atoms with Crippen LogP contribution in [0.4, 0.5) is 0 Å². The van der Waals surface area contributed by atoms with E-state index in [1.807, 2.05) is 0 Å². The molecule has 0 fully saturated rings. The smallest absolute Gasteiger partial charge is 0.193 e. The van der Waals surface area contributed by atoms with Crippen molar-refractivity contribution in [3.8, 4) is 17.2 Å². The maximum absolute atomic E-state index is 12.3. The van der Waals surface area contributed by atoms with Gasteiger partial charge in [0.1, 0.15) is 33.0 Å². The molecule has 0 saturated heterocycles. The molecular weight excluding hydrogens is 340 g/mol. The van der Waals surface area contributed by atoms with Crippen LogP contribution in [0.3, 0.4) is 0 Å². The Labute approximate surface area is 129 Å². The summed E-state index contributed by atoms with van der Waals surface area (Å²) in [6.07, 6.45) is 4.32. The van der Waals surface area contributed by atoms with Crippen molar-refractivity contribution in [1.82, 2.24) is 0 Å². The highest BCUT2D eigenvalue weighted by Crippen LogP contribution is 2.42. The summed E-state index contributed by atoms with van der Waals surface area (Å²) >= 11 is 3.19. The molecule has 1 aromatic heterocycles. The third-order valence-corrected chi connectivity index (χ3v) is 3.56. The van der Waals surface area contributed by atoms with Crippen LogP contribution in [0.5, 0.6) is 17.2 Å². The number of phenolic OH excluding ortho intramolecular Hbond substituents is 1. The summed E-state index contributed by atoms with van der Waals surface area (Å²) in [6.45, 7) is 0. The summed E-state index contributed by atoms with van der Waals surface area (Å²) in [7, 11) is 2.87. The van der Waals surface area contributed by atoms with Gasteiger partial charge in [-0.05, 0) is 40.2 Å².